The maximum atomic E-state index is 8.67. The van der Waals surface area contributed by atoms with Gasteiger partial charge in [0.25, 0.3) is 0 Å². The Kier molecular flexibility index (Phi) is 4.63. The van der Waals surface area contributed by atoms with E-state index in [2.05, 4.69) is 11.8 Å². The van der Waals surface area contributed by atoms with E-state index in [1.807, 2.05) is 25.1 Å². The molecule has 1 aromatic rings. The number of rotatable bonds is 3. The van der Waals surface area contributed by atoms with E-state index in [0.717, 1.165) is 36.3 Å². The number of hydrogen-bond acceptors (Lipinski definition) is 3. The van der Waals surface area contributed by atoms with Crippen LogP contribution in [0.4, 0.5) is 0 Å². The van der Waals surface area contributed by atoms with Crippen LogP contribution in [0.25, 0.3) is 0 Å². The van der Waals surface area contributed by atoms with Crippen molar-refractivity contribution in [3.8, 4) is 17.6 Å². The van der Waals surface area contributed by atoms with Gasteiger partial charge >= 0.3 is 0 Å². The third-order valence-electron chi connectivity index (χ3n) is 2.96. The molecule has 1 aliphatic rings. The first-order chi connectivity index (χ1) is 8.79. The van der Waals surface area contributed by atoms with E-state index < -0.39 is 0 Å². The molecule has 0 saturated carbocycles. The highest BCUT2D eigenvalue weighted by molar-refractivity contribution is 5.44. The third kappa shape index (κ3) is 3.49. The minimum atomic E-state index is -0.114. The maximum Gasteiger partial charge on any atom is 0.119 e. The molecular formula is C15H18O3. The predicted molar refractivity (Wildman–Crippen MR) is 69.6 cm³/mol. The van der Waals surface area contributed by atoms with Crippen molar-refractivity contribution in [1.82, 2.24) is 0 Å². The quantitative estimate of drug-likeness (QED) is 0.828. The molecular weight excluding hydrogens is 228 g/mol. The second kappa shape index (κ2) is 6.44. The summed E-state index contributed by atoms with van der Waals surface area (Å²) in [5, 5.41) is 8.67. The third-order valence-corrected chi connectivity index (χ3v) is 2.96. The van der Waals surface area contributed by atoms with Gasteiger partial charge in [-0.2, -0.15) is 0 Å². The Labute approximate surface area is 108 Å². The summed E-state index contributed by atoms with van der Waals surface area (Å²) in [5.74, 6) is 6.40. The second-order valence-electron chi connectivity index (χ2n) is 4.38. The molecule has 1 aliphatic heterocycles. The molecule has 96 valence electrons. The van der Waals surface area contributed by atoms with Crippen LogP contribution in [-0.4, -0.2) is 31.0 Å². The molecule has 1 aromatic carbocycles. The number of hydrogen-bond donors (Lipinski definition) is 1. The first kappa shape index (κ1) is 12.9. The molecule has 0 spiro atoms. The van der Waals surface area contributed by atoms with Crippen molar-refractivity contribution >= 4 is 0 Å². The lowest BCUT2D eigenvalue weighted by Crippen LogP contribution is -2.16. The van der Waals surface area contributed by atoms with E-state index in [1.54, 1.807) is 0 Å². The van der Waals surface area contributed by atoms with E-state index in [0.29, 0.717) is 6.61 Å². The number of aliphatic hydroxyl groups is 1. The fraction of sp³-hybridized carbons (Fsp3) is 0.467. The topological polar surface area (TPSA) is 38.7 Å². The summed E-state index contributed by atoms with van der Waals surface area (Å²) in [4.78, 5) is 0. The zero-order valence-corrected chi connectivity index (χ0v) is 10.6. The molecule has 2 rings (SSSR count). The van der Waals surface area contributed by atoms with Crippen molar-refractivity contribution in [2.45, 2.75) is 25.9 Å². The van der Waals surface area contributed by atoms with Gasteiger partial charge in [0.05, 0.1) is 6.10 Å². The van der Waals surface area contributed by atoms with Crippen LogP contribution in [0.5, 0.6) is 5.75 Å². The van der Waals surface area contributed by atoms with Gasteiger partial charge in [0.1, 0.15) is 19.0 Å². The van der Waals surface area contributed by atoms with Gasteiger partial charge in [-0.05, 0) is 43.5 Å². The molecule has 0 bridgehead atoms. The van der Waals surface area contributed by atoms with Crippen molar-refractivity contribution in [3.05, 3.63) is 29.3 Å². The smallest absolute Gasteiger partial charge is 0.119 e. The molecule has 18 heavy (non-hydrogen) atoms. The van der Waals surface area contributed by atoms with E-state index in [9.17, 15) is 0 Å². The van der Waals surface area contributed by atoms with Crippen LogP contribution < -0.4 is 4.74 Å². The van der Waals surface area contributed by atoms with E-state index in [-0.39, 0.29) is 12.7 Å². The van der Waals surface area contributed by atoms with Crippen molar-refractivity contribution in [3.63, 3.8) is 0 Å². The Balaban J connectivity index is 1.95. The van der Waals surface area contributed by atoms with Crippen LogP contribution in [0, 0.1) is 18.8 Å². The van der Waals surface area contributed by atoms with Crippen LogP contribution in [-0.2, 0) is 4.74 Å². The zero-order valence-electron chi connectivity index (χ0n) is 10.6. The van der Waals surface area contributed by atoms with Crippen molar-refractivity contribution in [2.75, 3.05) is 19.8 Å². The normalized spacial score (nSPS) is 18.2. The molecule has 1 atom stereocenters. The largest absolute Gasteiger partial charge is 0.491 e. The number of ether oxygens (including phenoxy) is 2. The molecule has 1 saturated heterocycles. The predicted octanol–water partition coefficient (Wildman–Crippen LogP) is 1.90. The average Bonchev–Trinajstić information content (AvgIpc) is 2.88. The summed E-state index contributed by atoms with van der Waals surface area (Å²) in [7, 11) is 0. The fourth-order valence-electron chi connectivity index (χ4n) is 1.97. The highest BCUT2D eigenvalue weighted by Crippen LogP contribution is 2.19. The van der Waals surface area contributed by atoms with E-state index in [1.165, 1.54) is 0 Å². The maximum absolute atomic E-state index is 8.67. The van der Waals surface area contributed by atoms with Crippen LogP contribution >= 0.6 is 0 Å². The molecule has 1 unspecified atom stereocenters. The Bertz CT molecular complexity index is 451. The highest BCUT2D eigenvalue weighted by Gasteiger charge is 2.15. The summed E-state index contributed by atoms with van der Waals surface area (Å²) in [6.07, 6.45) is 2.45. The molecule has 0 aromatic heterocycles. The SMILES string of the molecule is Cc1cc(OCC2CCCO2)ccc1C#CCO. The van der Waals surface area contributed by atoms with Crippen LogP contribution in [0.3, 0.4) is 0 Å². The lowest BCUT2D eigenvalue weighted by Gasteiger charge is -2.12. The van der Waals surface area contributed by atoms with Gasteiger partial charge in [-0.1, -0.05) is 11.8 Å². The minimum Gasteiger partial charge on any atom is -0.491 e. The average molecular weight is 246 g/mol. The number of aryl methyl sites for hydroxylation is 1. The van der Waals surface area contributed by atoms with Gasteiger partial charge in [-0.3, -0.25) is 0 Å². The Morgan fingerprint density at radius 3 is 3.06 bits per heavy atom. The second-order valence-corrected chi connectivity index (χ2v) is 4.38. The van der Waals surface area contributed by atoms with Crippen LogP contribution in [0.1, 0.15) is 24.0 Å². The first-order valence-corrected chi connectivity index (χ1v) is 6.24. The minimum absolute atomic E-state index is 0.114. The van der Waals surface area contributed by atoms with Gasteiger partial charge in [-0.15, -0.1) is 0 Å². The summed E-state index contributed by atoms with van der Waals surface area (Å²) in [6, 6.07) is 5.79. The molecule has 0 aliphatic carbocycles. The Morgan fingerprint density at radius 2 is 2.39 bits per heavy atom. The standard InChI is InChI=1S/C15H18O3/c1-12-10-14(7-6-13(12)4-2-8-16)18-11-15-5-3-9-17-15/h6-7,10,15-16H,3,5,8-9,11H2,1H3. The molecule has 1 heterocycles. The lowest BCUT2D eigenvalue weighted by molar-refractivity contribution is 0.0679. The number of benzene rings is 1. The lowest BCUT2D eigenvalue weighted by atomic mass is 10.1. The summed E-state index contributed by atoms with van der Waals surface area (Å²) in [5.41, 5.74) is 1.98. The van der Waals surface area contributed by atoms with Crippen molar-refractivity contribution in [2.24, 2.45) is 0 Å². The van der Waals surface area contributed by atoms with Crippen LogP contribution in [0.15, 0.2) is 18.2 Å². The van der Waals surface area contributed by atoms with Gasteiger partial charge in [0.2, 0.25) is 0 Å². The molecule has 0 radical (unpaired) electrons. The molecule has 0 amide bonds. The van der Waals surface area contributed by atoms with Gasteiger partial charge in [0.15, 0.2) is 0 Å². The molecule has 1 fully saturated rings. The monoisotopic (exact) mass is 246 g/mol. The Morgan fingerprint density at radius 1 is 1.50 bits per heavy atom. The molecule has 3 heteroatoms. The summed E-state index contributed by atoms with van der Waals surface area (Å²) < 4.78 is 11.2. The fourth-order valence-corrected chi connectivity index (χ4v) is 1.97. The summed E-state index contributed by atoms with van der Waals surface area (Å²) in [6.45, 7) is 3.33. The van der Waals surface area contributed by atoms with Gasteiger partial charge in [0, 0.05) is 12.2 Å². The number of aliphatic hydroxyl groups excluding tert-OH is 1. The van der Waals surface area contributed by atoms with Gasteiger partial charge in [-0.25, -0.2) is 0 Å². The summed E-state index contributed by atoms with van der Waals surface area (Å²) >= 11 is 0. The van der Waals surface area contributed by atoms with Crippen molar-refractivity contribution in [1.29, 1.82) is 0 Å². The van der Waals surface area contributed by atoms with E-state index >= 15 is 0 Å². The zero-order chi connectivity index (χ0) is 12.8. The van der Waals surface area contributed by atoms with Crippen LogP contribution in [0.2, 0.25) is 0 Å². The first-order valence-electron chi connectivity index (χ1n) is 6.24. The highest BCUT2D eigenvalue weighted by atomic mass is 16.5. The molecule has 3 nitrogen and oxygen atoms in total. The van der Waals surface area contributed by atoms with Gasteiger partial charge < -0.3 is 14.6 Å². The Hall–Kier alpha value is -1.50. The molecule has 1 N–H and O–H groups in total. The van der Waals surface area contributed by atoms with E-state index in [4.69, 9.17) is 14.6 Å². The van der Waals surface area contributed by atoms with Crippen molar-refractivity contribution < 1.29 is 14.6 Å².